The first-order valence-corrected chi connectivity index (χ1v) is 11.4. The third-order valence-electron chi connectivity index (χ3n) is 4.73. The summed E-state index contributed by atoms with van der Waals surface area (Å²) in [5.74, 6) is 0.875. The van der Waals surface area contributed by atoms with Gasteiger partial charge in [0.15, 0.2) is 4.34 Å². The van der Waals surface area contributed by atoms with E-state index >= 15 is 0 Å². The van der Waals surface area contributed by atoms with Gasteiger partial charge >= 0.3 is 0 Å². The van der Waals surface area contributed by atoms with Gasteiger partial charge in [0, 0.05) is 29.4 Å². The van der Waals surface area contributed by atoms with E-state index in [0.29, 0.717) is 18.0 Å². The van der Waals surface area contributed by atoms with E-state index in [4.69, 9.17) is 4.74 Å². The molecule has 1 aromatic heterocycles. The van der Waals surface area contributed by atoms with E-state index in [9.17, 15) is 9.59 Å². The number of nitrogens with zero attached hydrogens (tertiary/aromatic N) is 2. The third kappa shape index (κ3) is 4.83. The van der Waals surface area contributed by atoms with Crippen LogP contribution in [0, 0.1) is 0 Å². The van der Waals surface area contributed by atoms with E-state index in [2.05, 4.69) is 16.4 Å². The number of ether oxygens (including phenoxy) is 1. The number of thiazole rings is 1. The Morgan fingerprint density at radius 1 is 1.23 bits per heavy atom. The van der Waals surface area contributed by atoms with Crippen LogP contribution in [0.4, 0.5) is 11.4 Å². The minimum atomic E-state index is -0.116. The van der Waals surface area contributed by atoms with Crippen LogP contribution in [0.5, 0.6) is 5.75 Å². The smallest absolute Gasteiger partial charge is 0.234 e. The van der Waals surface area contributed by atoms with Gasteiger partial charge in [0.05, 0.1) is 25.0 Å². The van der Waals surface area contributed by atoms with Crippen molar-refractivity contribution < 1.29 is 14.3 Å². The number of hydrogen-bond donors (Lipinski definition) is 1. The molecule has 2 heterocycles. The predicted octanol–water partition coefficient (Wildman–Crippen LogP) is 4.01. The Kier molecular flexibility index (Phi) is 6.35. The average Bonchev–Trinajstić information content (AvgIpc) is 3.39. The second-order valence-electron chi connectivity index (χ2n) is 6.77. The van der Waals surface area contributed by atoms with Crippen molar-refractivity contribution in [3.05, 3.63) is 65.2 Å². The topological polar surface area (TPSA) is 71.5 Å². The molecule has 8 heteroatoms. The van der Waals surface area contributed by atoms with Crippen LogP contribution >= 0.6 is 23.1 Å². The first kappa shape index (κ1) is 20.4. The van der Waals surface area contributed by atoms with Gasteiger partial charge in [0.2, 0.25) is 11.8 Å². The highest BCUT2D eigenvalue weighted by atomic mass is 32.2. The lowest BCUT2D eigenvalue weighted by Gasteiger charge is -2.16. The fourth-order valence-corrected chi connectivity index (χ4v) is 4.95. The molecule has 1 aliphatic rings. The van der Waals surface area contributed by atoms with Crippen LogP contribution in [0.15, 0.2) is 58.3 Å². The highest BCUT2D eigenvalue weighted by Crippen LogP contribution is 2.29. The molecule has 1 N–H and O–H groups in total. The molecule has 0 atom stereocenters. The van der Waals surface area contributed by atoms with Crippen molar-refractivity contribution in [2.24, 2.45) is 0 Å². The summed E-state index contributed by atoms with van der Waals surface area (Å²) < 4.78 is 5.94. The first-order valence-electron chi connectivity index (χ1n) is 9.52. The number of fused-ring (bicyclic) bond motifs is 1. The number of anilines is 2. The molecule has 0 bridgehead atoms. The minimum Gasteiger partial charge on any atom is -0.497 e. The van der Waals surface area contributed by atoms with Gasteiger partial charge in [-0.05, 0) is 30.2 Å². The summed E-state index contributed by atoms with van der Waals surface area (Å²) in [6.45, 7) is 0.717. The number of benzene rings is 2. The van der Waals surface area contributed by atoms with Gasteiger partial charge in [-0.1, -0.05) is 36.0 Å². The number of methoxy groups -OCH3 is 1. The summed E-state index contributed by atoms with van der Waals surface area (Å²) >= 11 is 2.82. The van der Waals surface area contributed by atoms with E-state index in [1.165, 1.54) is 28.7 Å². The molecule has 1 aliphatic heterocycles. The lowest BCUT2D eigenvalue weighted by atomic mass is 10.2. The third-order valence-corrected chi connectivity index (χ3v) is 6.80. The maximum Gasteiger partial charge on any atom is 0.234 e. The summed E-state index contributed by atoms with van der Waals surface area (Å²) in [6.07, 6.45) is 1.16. The van der Waals surface area contributed by atoms with Gasteiger partial charge < -0.3 is 15.0 Å². The molecular formula is C22H21N3O3S2. The van der Waals surface area contributed by atoms with Crippen LogP contribution in [-0.2, 0) is 22.4 Å². The Morgan fingerprint density at radius 2 is 2.10 bits per heavy atom. The number of amides is 2. The largest absolute Gasteiger partial charge is 0.497 e. The maximum absolute atomic E-state index is 12.7. The standard InChI is InChI=1S/C22H21N3O3S2/c1-28-18-7-4-6-16(11-18)23-20(26)14-30-22-24-17(13-29-22)12-21(27)25-10-9-15-5-2-3-8-19(15)25/h2-8,11,13H,9-10,12,14H2,1H3,(H,23,26). The second-order valence-corrected chi connectivity index (χ2v) is 8.85. The maximum atomic E-state index is 12.7. The van der Waals surface area contributed by atoms with Crippen LogP contribution in [0.3, 0.4) is 0 Å². The molecule has 0 saturated carbocycles. The van der Waals surface area contributed by atoms with Crippen LogP contribution in [0.25, 0.3) is 0 Å². The van der Waals surface area contributed by atoms with Crippen molar-refractivity contribution in [3.8, 4) is 5.75 Å². The fourth-order valence-electron chi connectivity index (χ4n) is 3.31. The van der Waals surface area contributed by atoms with Crippen molar-refractivity contribution >= 4 is 46.3 Å². The molecule has 30 heavy (non-hydrogen) atoms. The van der Waals surface area contributed by atoms with Crippen LogP contribution in [0.2, 0.25) is 0 Å². The number of carbonyl (C=O) groups excluding carboxylic acids is 2. The zero-order valence-corrected chi connectivity index (χ0v) is 18.1. The number of hydrogen-bond acceptors (Lipinski definition) is 6. The second kappa shape index (κ2) is 9.32. The summed E-state index contributed by atoms with van der Waals surface area (Å²) in [5, 5.41) is 4.74. The normalized spacial score (nSPS) is 12.5. The first-order chi connectivity index (χ1) is 14.6. The SMILES string of the molecule is COc1cccc(NC(=O)CSc2nc(CC(=O)N3CCc4ccccc43)cs2)c1. The molecule has 2 amide bonds. The Balaban J connectivity index is 1.29. The van der Waals surface area contributed by atoms with E-state index in [1.807, 2.05) is 46.7 Å². The molecule has 3 aromatic rings. The van der Waals surface area contributed by atoms with Crippen molar-refractivity contribution in [3.63, 3.8) is 0 Å². The zero-order chi connectivity index (χ0) is 20.9. The fraction of sp³-hybridized carbons (Fsp3) is 0.227. The van der Waals surface area contributed by atoms with E-state index in [0.717, 1.165) is 22.1 Å². The predicted molar refractivity (Wildman–Crippen MR) is 121 cm³/mol. The summed E-state index contributed by atoms with van der Waals surface area (Å²) in [5.41, 5.74) is 3.64. The van der Waals surface area contributed by atoms with Crippen molar-refractivity contribution in [2.75, 3.05) is 29.6 Å². The van der Waals surface area contributed by atoms with Gasteiger partial charge in [0.1, 0.15) is 5.75 Å². The Bertz CT molecular complexity index is 1070. The summed E-state index contributed by atoms with van der Waals surface area (Å²) in [7, 11) is 1.59. The Labute approximate surface area is 183 Å². The van der Waals surface area contributed by atoms with Crippen molar-refractivity contribution in [2.45, 2.75) is 17.2 Å². The number of para-hydroxylation sites is 1. The minimum absolute atomic E-state index is 0.0533. The van der Waals surface area contributed by atoms with Crippen molar-refractivity contribution in [1.82, 2.24) is 4.98 Å². The van der Waals surface area contributed by atoms with Gasteiger partial charge in [0.25, 0.3) is 0 Å². The highest BCUT2D eigenvalue weighted by Gasteiger charge is 2.24. The van der Waals surface area contributed by atoms with Gasteiger partial charge in [-0.25, -0.2) is 4.98 Å². The van der Waals surface area contributed by atoms with E-state index < -0.39 is 0 Å². The number of rotatable bonds is 7. The number of aromatic nitrogens is 1. The monoisotopic (exact) mass is 439 g/mol. The van der Waals surface area contributed by atoms with E-state index in [-0.39, 0.29) is 24.0 Å². The van der Waals surface area contributed by atoms with E-state index in [1.54, 1.807) is 13.2 Å². The number of thioether (sulfide) groups is 1. The lowest BCUT2D eigenvalue weighted by molar-refractivity contribution is -0.118. The average molecular weight is 440 g/mol. The molecule has 0 spiro atoms. The Morgan fingerprint density at radius 3 is 2.97 bits per heavy atom. The van der Waals surface area contributed by atoms with Crippen LogP contribution in [0.1, 0.15) is 11.3 Å². The van der Waals surface area contributed by atoms with Gasteiger partial charge in [-0.2, -0.15) is 0 Å². The zero-order valence-electron chi connectivity index (χ0n) is 16.5. The molecule has 0 radical (unpaired) electrons. The molecule has 154 valence electrons. The molecule has 6 nitrogen and oxygen atoms in total. The molecule has 0 unspecified atom stereocenters. The van der Waals surface area contributed by atoms with Crippen LogP contribution in [-0.4, -0.2) is 36.2 Å². The molecular weight excluding hydrogens is 418 g/mol. The molecule has 0 aliphatic carbocycles. The van der Waals surface area contributed by atoms with Gasteiger partial charge in [-0.15, -0.1) is 11.3 Å². The number of carbonyl (C=O) groups is 2. The van der Waals surface area contributed by atoms with Gasteiger partial charge in [-0.3, -0.25) is 9.59 Å². The number of nitrogens with one attached hydrogen (secondary N) is 1. The molecule has 0 saturated heterocycles. The highest BCUT2D eigenvalue weighted by molar-refractivity contribution is 8.01. The van der Waals surface area contributed by atoms with Crippen LogP contribution < -0.4 is 15.0 Å². The summed E-state index contributed by atoms with van der Waals surface area (Å²) in [6, 6.07) is 15.2. The molecule has 2 aromatic carbocycles. The van der Waals surface area contributed by atoms with Crippen molar-refractivity contribution in [1.29, 1.82) is 0 Å². The lowest BCUT2D eigenvalue weighted by Crippen LogP contribution is -2.30. The molecule has 0 fully saturated rings. The quantitative estimate of drug-likeness (QED) is 0.563. The Hall–Kier alpha value is -2.84. The summed E-state index contributed by atoms with van der Waals surface area (Å²) in [4.78, 5) is 31.3. The molecule has 4 rings (SSSR count).